The van der Waals surface area contributed by atoms with Crippen LogP contribution in [0.2, 0.25) is 0 Å². The molecule has 1 heterocycles. The molecule has 2 aromatic rings. The van der Waals surface area contributed by atoms with E-state index in [9.17, 15) is 9.59 Å². The van der Waals surface area contributed by atoms with Crippen LogP contribution >= 0.6 is 0 Å². The second-order valence-corrected chi connectivity index (χ2v) is 4.53. The molecule has 1 aromatic carbocycles. The lowest BCUT2D eigenvalue weighted by Crippen LogP contribution is -2.65. The smallest absolute Gasteiger partial charge is 0.362 e. The van der Waals surface area contributed by atoms with E-state index >= 15 is 0 Å². The van der Waals surface area contributed by atoms with Crippen LogP contribution in [-0.4, -0.2) is 27.1 Å². The van der Waals surface area contributed by atoms with Gasteiger partial charge in [-0.3, -0.25) is 4.79 Å². The lowest BCUT2D eigenvalue weighted by Gasteiger charge is -2.04. The molecule has 0 aliphatic rings. The van der Waals surface area contributed by atoms with E-state index in [1.165, 1.54) is 6.20 Å². The number of carboxylic acid groups (broad SMARTS) is 1. The van der Waals surface area contributed by atoms with Gasteiger partial charge in [-0.2, -0.15) is 0 Å². The Morgan fingerprint density at radius 1 is 1.35 bits per heavy atom. The predicted octanol–water partition coefficient (Wildman–Crippen LogP) is 0.0646. The Bertz CT molecular complexity index is 652. The second-order valence-electron chi connectivity index (χ2n) is 4.53. The van der Waals surface area contributed by atoms with Crippen molar-refractivity contribution in [3.63, 3.8) is 0 Å². The van der Waals surface area contributed by atoms with Crippen LogP contribution in [0.3, 0.4) is 0 Å². The molecule has 1 aromatic heterocycles. The highest BCUT2D eigenvalue weighted by molar-refractivity contribution is 5.71. The van der Waals surface area contributed by atoms with Crippen LogP contribution in [0, 0.1) is 0 Å². The van der Waals surface area contributed by atoms with Gasteiger partial charge in [0.2, 0.25) is 0 Å². The Morgan fingerprint density at radius 3 is 2.65 bits per heavy atom. The third kappa shape index (κ3) is 3.30. The lowest BCUT2D eigenvalue weighted by molar-refractivity contribution is -0.408. The molecule has 0 aliphatic heterocycles. The van der Waals surface area contributed by atoms with Crippen molar-refractivity contribution in [3.05, 3.63) is 52.4 Å². The first-order chi connectivity index (χ1) is 9.58. The number of H-pyrrole nitrogens is 1. The fourth-order valence-electron chi connectivity index (χ4n) is 1.80. The van der Waals surface area contributed by atoms with Gasteiger partial charge in [0.05, 0.1) is 0 Å². The molecule has 6 heteroatoms. The van der Waals surface area contributed by atoms with Crippen molar-refractivity contribution in [2.75, 3.05) is 0 Å². The summed E-state index contributed by atoms with van der Waals surface area (Å²) in [6, 6.07) is 8.61. The fraction of sp³-hybridized carbons (Fsp3) is 0.214. The number of aromatic nitrogens is 2. The number of rotatable bonds is 5. The molecule has 0 fully saturated rings. The summed E-state index contributed by atoms with van der Waals surface area (Å²) < 4.78 is 0. The maximum absolute atomic E-state index is 11.9. The number of quaternary nitrogens is 1. The molecule has 0 aliphatic carbocycles. The highest BCUT2D eigenvalue weighted by Gasteiger charge is 2.16. The molecular weight excluding hydrogens is 258 g/mol. The Labute approximate surface area is 115 Å². The number of carboxylic acids is 1. The maximum atomic E-state index is 11.9. The van der Waals surface area contributed by atoms with E-state index in [1.54, 1.807) is 0 Å². The van der Waals surface area contributed by atoms with Crippen LogP contribution in [-0.2, 0) is 11.2 Å². The fourth-order valence-corrected chi connectivity index (χ4v) is 1.80. The molecule has 104 valence electrons. The molecule has 1 unspecified atom stereocenters. The van der Waals surface area contributed by atoms with E-state index in [0.717, 1.165) is 5.56 Å². The number of aromatic amines is 1. The molecule has 0 bridgehead atoms. The highest BCUT2D eigenvalue weighted by atomic mass is 16.4. The van der Waals surface area contributed by atoms with Crippen LogP contribution in [0.1, 0.15) is 12.0 Å². The molecule has 0 saturated carbocycles. The van der Waals surface area contributed by atoms with E-state index in [4.69, 9.17) is 5.11 Å². The number of hydrogen-bond acceptors (Lipinski definition) is 3. The quantitative estimate of drug-likeness (QED) is 0.716. The molecule has 1 atom stereocenters. The van der Waals surface area contributed by atoms with Crippen molar-refractivity contribution in [2.45, 2.75) is 18.9 Å². The number of benzene rings is 1. The molecule has 20 heavy (non-hydrogen) atoms. The monoisotopic (exact) mass is 274 g/mol. The summed E-state index contributed by atoms with van der Waals surface area (Å²) in [5, 5.41) is 8.76. The van der Waals surface area contributed by atoms with Crippen LogP contribution in [0.4, 0.5) is 0 Å². The van der Waals surface area contributed by atoms with Crippen molar-refractivity contribution in [3.8, 4) is 11.4 Å². The van der Waals surface area contributed by atoms with Crippen molar-refractivity contribution < 1.29 is 15.6 Å². The predicted molar refractivity (Wildman–Crippen MR) is 72.9 cm³/mol. The highest BCUT2D eigenvalue weighted by Crippen LogP contribution is 2.11. The summed E-state index contributed by atoms with van der Waals surface area (Å²) in [5.41, 5.74) is 4.58. The average Bonchev–Trinajstić information content (AvgIpc) is 2.46. The van der Waals surface area contributed by atoms with Gasteiger partial charge in [-0.25, -0.2) is 9.78 Å². The van der Waals surface area contributed by atoms with Crippen LogP contribution in [0.5, 0.6) is 0 Å². The van der Waals surface area contributed by atoms with Crippen molar-refractivity contribution in [1.82, 2.24) is 9.97 Å². The molecule has 2 rings (SSSR count). The molecule has 5 N–H and O–H groups in total. The first-order valence-corrected chi connectivity index (χ1v) is 6.27. The summed E-state index contributed by atoms with van der Waals surface area (Å²) in [6.45, 7) is 0. The second kappa shape index (κ2) is 6.12. The normalized spacial score (nSPS) is 12.1. The molecule has 0 saturated heterocycles. The topological polar surface area (TPSA) is 111 Å². The third-order valence-corrected chi connectivity index (χ3v) is 3.03. The van der Waals surface area contributed by atoms with E-state index in [0.29, 0.717) is 24.2 Å². The third-order valence-electron chi connectivity index (χ3n) is 3.03. The first kappa shape index (κ1) is 14.0. The number of nitrogens with zero attached hydrogens (tertiary/aromatic N) is 1. The lowest BCUT2D eigenvalue weighted by atomic mass is 10.1. The summed E-state index contributed by atoms with van der Waals surface area (Å²) in [6.07, 6.45) is 2.15. The SMILES string of the molecule is [NH3+]C(CCc1cnc(-c2ccccc2)[nH]c1=O)C(=O)O. The minimum absolute atomic E-state index is 0.239. The van der Waals surface area contributed by atoms with E-state index in [1.807, 2.05) is 30.3 Å². The van der Waals surface area contributed by atoms with E-state index < -0.39 is 12.0 Å². The van der Waals surface area contributed by atoms with Gasteiger partial charge >= 0.3 is 5.97 Å². The Balaban J connectivity index is 2.15. The van der Waals surface area contributed by atoms with Crippen LogP contribution in [0.25, 0.3) is 11.4 Å². The number of hydrogen-bond donors (Lipinski definition) is 3. The standard InChI is InChI=1S/C14H15N3O3/c15-11(14(19)20)7-6-10-8-16-12(17-13(10)18)9-4-2-1-3-5-9/h1-5,8,11H,6-7,15H2,(H,19,20)(H,16,17,18)/p+1. The molecule has 0 radical (unpaired) electrons. The van der Waals surface area contributed by atoms with Gasteiger partial charge in [-0.05, 0) is 6.42 Å². The van der Waals surface area contributed by atoms with Gasteiger partial charge in [0.15, 0.2) is 6.04 Å². The van der Waals surface area contributed by atoms with Gasteiger partial charge in [-0.1, -0.05) is 30.3 Å². The Kier molecular flexibility index (Phi) is 4.27. The van der Waals surface area contributed by atoms with Gasteiger partial charge < -0.3 is 15.8 Å². The van der Waals surface area contributed by atoms with Gasteiger partial charge in [-0.15, -0.1) is 0 Å². The summed E-state index contributed by atoms with van der Waals surface area (Å²) in [7, 11) is 0. The summed E-state index contributed by atoms with van der Waals surface area (Å²) >= 11 is 0. The van der Waals surface area contributed by atoms with Gasteiger partial charge in [0.1, 0.15) is 5.82 Å². The minimum Gasteiger partial charge on any atom is -0.477 e. The minimum atomic E-state index is -0.963. The van der Waals surface area contributed by atoms with Gasteiger partial charge in [0, 0.05) is 23.7 Å². The zero-order valence-corrected chi connectivity index (χ0v) is 10.9. The van der Waals surface area contributed by atoms with Crippen molar-refractivity contribution in [1.29, 1.82) is 0 Å². The van der Waals surface area contributed by atoms with Crippen LogP contribution in [0.15, 0.2) is 41.3 Å². The van der Waals surface area contributed by atoms with Gasteiger partial charge in [0.25, 0.3) is 5.56 Å². The van der Waals surface area contributed by atoms with Crippen molar-refractivity contribution in [2.24, 2.45) is 0 Å². The molecular formula is C14H16N3O3+. The van der Waals surface area contributed by atoms with Crippen LogP contribution < -0.4 is 11.3 Å². The number of aliphatic carboxylic acids is 1. The average molecular weight is 274 g/mol. The largest absolute Gasteiger partial charge is 0.477 e. The first-order valence-electron chi connectivity index (χ1n) is 6.27. The molecule has 6 nitrogen and oxygen atoms in total. The number of carbonyl (C=O) groups is 1. The number of aryl methyl sites for hydroxylation is 1. The Hall–Kier alpha value is -2.47. The van der Waals surface area contributed by atoms with E-state index in [2.05, 4.69) is 15.7 Å². The summed E-state index contributed by atoms with van der Waals surface area (Å²) in [4.78, 5) is 29.5. The zero-order valence-electron chi connectivity index (χ0n) is 10.9. The molecule has 0 spiro atoms. The van der Waals surface area contributed by atoms with Crippen molar-refractivity contribution >= 4 is 5.97 Å². The Morgan fingerprint density at radius 2 is 2.05 bits per heavy atom. The summed E-state index contributed by atoms with van der Waals surface area (Å²) in [5.74, 6) is -0.459. The zero-order chi connectivity index (χ0) is 14.5. The number of nitrogens with one attached hydrogen (secondary N) is 1. The molecule has 0 amide bonds. The maximum Gasteiger partial charge on any atom is 0.362 e. The van der Waals surface area contributed by atoms with E-state index in [-0.39, 0.29) is 5.56 Å².